The van der Waals surface area contributed by atoms with Gasteiger partial charge in [-0.05, 0) is 62.4 Å². The highest BCUT2D eigenvalue weighted by Gasteiger charge is 2.39. The topological polar surface area (TPSA) is 82.1 Å². The Labute approximate surface area is 225 Å². The number of nitrogens with one attached hydrogen (secondary N) is 2. The molecule has 1 amide bonds. The normalized spacial score (nSPS) is 19.7. The molecule has 2 atom stereocenters. The Bertz CT molecular complexity index is 1270. The van der Waals surface area contributed by atoms with Gasteiger partial charge in [0.1, 0.15) is 11.4 Å². The highest BCUT2D eigenvalue weighted by molar-refractivity contribution is 5.98. The average molecular weight is 512 g/mol. The molecule has 1 aliphatic carbocycles. The van der Waals surface area contributed by atoms with E-state index >= 15 is 0 Å². The van der Waals surface area contributed by atoms with Crippen LogP contribution in [0, 0.1) is 12.3 Å². The maximum atomic E-state index is 13.4. The summed E-state index contributed by atoms with van der Waals surface area (Å²) in [4.78, 5) is 18.7. The number of carbonyl (C=O) groups excluding carboxylic acids is 1. The van der Waals surface area contributed by atoms with Crippen molar-refractivity contribution in [3.05, 3.63) is 65.9 Å². The summed E-state index contributed by atoms with van der Waals surface area (Å²) in [5.41, 5.74) is 2.60. The van der Waals surface area contributed by atoms with Crippen LogP contribution in [0.15, 0.2) is 64.8 Å². The van der Waals surface area contributed by atoms with E-state index in [1.165, 1.54) is 5.56 Å². The molecule has 2 heterocycles. The molecule has 0 saturated heterocycles. The minimum atomic E-state index is -0.304. The second-order valence-corrected chi connectivity index (χ2v) is 10.4. The van der Waals surface area contributed by atoms with Crippen molar-refractivity contribution in [1.82, 2.24) is 15.2 Å². The van der Waals surface area contributed by atoms with Gasteiger partial charge in [0.2, 0.25) is 0 Å². The van der Waals surface area contributed by atoms with Crippen molar-refractivity contribution in [1.29, 1.82) is 0 Å². The molecule has 1 aromatic heterocycles. The predicted molar refractivity (Wildman–Crippen MR) is 150 cm³/mol. The average Bonchev–Trinajstić information content (AvgIpc) is 3.58. The summed E-state index contributed by atoms with van der Waals surface area (Å²) in [7, 11) is 0. The van der Waals surface area contributed by atoms with Crippen LogP contribution in [0.2, 0.25) is 0 Å². The van der Waals surface area contributed by atoms with Crippen molar-refractivity contribution < 1.29 is 9.53 Å². The largest absolute Gasteiger partial charge is 0.493 e. The van der Waals surface area contributed by atoms with Gasteiger partial charge in [-0.3, -0.25) is 4.79 Å². The van der Waals surface area contributed by atoms with Gasteiger partial charge in [-0.2, -0.15) is 10.2 Å². The van der Waals surface area contributed by atoms with Crippen LogP contribution in [0.25, 0.3) is 10.9 Å². The number of aromatic nitrogens is 1. The maximum Gasteiger partial charge on any atom is 0.270 e. The molecule has 7 nitrogen and oxygen atoms in total. The van der Waals surface area contributed by atoms with Crippen LogP contribution in [0.3, 0.4) is 0 Å². The van der Waals surface area contributed by atoms with Crippen LogP contribution in [0.1, 0.15) is 67.9 Å². The molecular weight excluding hydrogens is 474 g/mol. The Balaban J connectivity index is 1.09. The molecule has 3 aromatic rings. The summed E-state index contributed by atoms with van der Waals surface area (Å²) in [5.74, 6) is 3.60. The van der Waals surface area contributed by atoms with Crippen LogP contribution in [-0.4, -0.2) is 46.7 Å². The van der Waals surface area contributed by atoms with Gasteiger partial charge < -0.3 is 19.9 Å². The zero-order valence-corrected chi connectivity index (χ0v) is 22.2. The molecule has 38 heavy (non-hydrogen) atoms. The maximum absolute atomic E-state index is 13.4. The van der Waals surface area contributed by atoms with Crippen LogP contribution >= 0.6 is 0 Å². The summed E-state index contributed by atoms with van der Waals surface area (Å²) in [6, 6.07) is 18.9. The van der Waals surface area contributed by atoms with E-state index in [0.717, 1.165) is 61.7 Å². The van der Waals surface area contributed by atoms with Crippen molar-refractivity contribution >= 4 is 16.8 Å². The highest BCUT2D eigenvalue weighted by Crippen LogP contribution is 2.36. The highest BCUT2D eigenvalue weighted by atomic mass is 16.5. The molecule has 2 aliphatic rings. The first kappa shape index (κ1) is 26.0. The number of carbonyl (C=O) groups is 1. The molecule has 2 N–H and O–H groups in total. The smallest absolute Gasteiger partial charge is 0.270 e. The second kappa shape index (κ2) is 11.8. The Kier molecular flexibility index (Phi) is 8.09. The first-order valence-corrected chi connectivity index (χ1v) is 13.8. The standard InChI is InChI=1S/C31H37N5O2/c1-3-5-17-31(34-35-31)18-19-38-27-15-13-23(14-16-27)22-32-25-10-8-11-26(21-25)36(4-2)30(37)29-20-24-9-6-7-12-28(24)33-29/h1,6-7,9,12-16,20,25-26,32-33H,4-5,8,10-11,17-19,21-22H2,2H3. The van der Waals surface area contributed by atoms with Crippen molar-refractivity contribution in [3.63, 3.8) is 0 Å². The number of para-hydroxylation sites is 1. The molecule has 0 spiro atoms. The first-order chi connectivity index (χ1) is 18.6. The van der Waals surface area contributed by atoms with Gasteiger partial charge in [0.05, 0.1) is 6.61 Å². The number of fused-ring (bicyclic) bond motifs is 1. The van der Waals surface area contributed by atoms with E-state index in [0.29, 0.717) is 31.3 Å². The van der Waals surface area contributed by atoms with Crippen LogP contribution in [0.4, 0.5) is 0 Å². The van der Waals surface area contributed by atoms with Gasteiger partial charge in [0.25, 0.3) is 5.91 Å². The van der Waals surface area contributed by atoms with Crippen LogP contribution < -0.4 is 10.1 Å². The third-order valence-electron chi connectivity index (χ3n) is 7.79. The Morgan fingerprint density at radius 3 is 2.74 bits per heavy atom. The summed E-state index contributed by atoms with van der Waals surface area (Å²) >= 11 is 0. The Morgan fingerprint density at radius 2 is 2.00 bits per heavy atom. The molecule has 1 saturated carbocycles. The lowest BCUT2D eigenvalue weighted by atomic mass is 9.89. The summed E-state index contributed by atoms with van der Waals surface area (Å²) in [5, 5.41) is 13.1. The number of hydrogen-bond acceptors (Lipinski definition) is 5. The number of rotatable bonds is 12. The molecule has 1 fully saturated rings. The minimum Gasteiger partial charge on any atom is -0.493 e. The summed E-state index contributed by atoms with van der Waals surface area (Å²) in [6.07, 6.45) is 11.9. The molecule has 0 bridgehead atoms. The van der Waals surface area contributed by atoms with Crippen LogP contribution in [0.5, 0.6) is 5.75 Å². The first-order valence-electron chi connectivity index (χ1n) is 13.8. The van der Waals surface area contributed by atoms with E-state index in [-0.39, 0.29) is 17.6 Å². The number of ether oxygens (including phenoxy) is 1. The number of amides is 1. The van der Waals surface area contributed by atoms with Crippen LogP contribution in [-0.2, 0) is 6.54 Å². The van der Waals surface area contributed by atoms with E-state index in [1.807, 2.05) is 47.4 Å². The van der Waals surface area contributed by atoms with E-state index in [2.05, 4.69) is 45.5 Å². The Morgan fingerprint density at radius 1 is 1.18 bits per heavy atom. The number of H-pyrrole nitrogens is 1. The molecule has 2 unspecified atom stereocenters. The zero-order chi connectivity index (χ0) is 26.4. The molecule has 0 radical (unpaired) electrons. The minimum absolute atomic E-state index is 0.0935. The molecule has 198 valence electrons. The fourth-order valence-electron chi connectivity index (χ4n) is 5.51. The van der Waals surface area contributed by atoms with Gasteiger partial charge >= 0.3 is 0 Å². The molecule has 1 aliphatic heterocycles. The molecule has 7 heteroatoms. The SMILES string of the molecule is C#CCCC1(CCOc2ccc(CNC3CCCC(N(CC)C(=O)c4cc5ccccc5[nH]4)C3)cc2)N=N1. The van der Waals surface area contributed by atoms with E-state index < -0.39 is 0 Å². The number of aromatic amines is 1. The van der Waals surface area contributed by atoms with E-state index in [1.54, 1.807) is 0 Å². The number of terminal acetylenes is 1. The summed E-state index contributed by atoms with van der Waals surface area (Å²) in [6.45, 7) is 4.16. The van der Waals surface area contributed by atoms with Crippen molar-refractivity contribution in [2.45, 2.75) is 76.2 Å². The lowest BCUT2D eigenvalue weighted by Gasteiger charge is -2.37. The van der Waals surface area contributed by atoms with Gasteiger partial charge in [0, 0.05) is 55.3 Å². The quantitative estimate of drug-likeness (QED) is 0.289. The monoisotopic (exact) mass is 511 g/mol. The zero-order valence-electron chi connectivity index (χ0n) is 22.2. The molecule has 5 rings (SSSR count). The fourth-order valence-corrected chi connectivity index (χ4v) is 5.51. The lowest BCUT2D eigenvalue weighted by molar-refractivity contribution is 0.0623. The molecular formula is C31H37N5O2. The van der Waals surface area contributed by atoms with Gasteiger partial charge in [-0.25, -0.2) is 0 Å². The fraction of sp³-hybridized carbons (Fsp3) is 0.452. The lowest BCUT2D eigenvalue weighted by Crippen LogP contribution is -2.46. The van der Waals surface area contributed by atoms with Gasteiger partial charge in [-0.15, -0.1) is 12.3 Å². The number of hydrogen-bond donors (Lipinski definition) is 2. The Hall–Kier alpha value is -3.63. The summed E-state index contributed by atoms with van der Waals surface area (Å²) < 4.78 is 5.91. The van der Waals surface area contributed by atoms with E-state index in [4.69, 9.17) is 11.2 Å². The third kappa shape index (κ3) is 6.25. The van der Waals surface area contributed by atoms with Gasteiger partial charge in [-0.1, -0.05) is 30.3 Å². The van der Waals surface area contributed by atoms with Gasteiger partial charge in [0.15, 0.2) is 5.66 Å². The van der Waals surface area contributed by atoms with Crippen molar-refractivity contribution in [3.8, 4) is 18.1 Å². The third-order valence-corrected chi connectivity index (χ3v) is 7.79. The predicted octanol–water partition coefficient (Wildman–Crippen LogP) is 6.08. The molecule has 2 aromatic carbocycles. The van der Waals surface area contributed by atoms with Crippen molar-refractivity contribution in [2.24, 2.45) is 10.2 Å². The number of nitrogens with zero attached hydrogens (tertiary/aromatic N) is 3. The second-order valence-electron chi connectivity index (χ2n) is 10.4. The number of benzene rings is 2. The van der Waals surface area contributed by atoms with Crippen molar-refractivity contribution in [2.75, 3.05) is 13.2 Å². The van der Waals surface area contributed by atoms with E-state index in [9.17, 15) is 4.79 Å².